The lowest BCUT2D eigenvalue weighted by atomic mass is 9.79. The van der Waals surface area contributed by atoms with Crippen LogP contribution in [0.5, 0.6) is 0 Å². The summed E-state index contributed by atoms with van der Waals surface area (Å²) in [6.45, 7) is 2.18. The van der Waals surface area contributed by atoms with Gasteiger partial charge in [0.15, 0.2) is 0 Å². The van der Waals surface area contributed by atoms with Crippen LogP contribution in [0.3, 0.4) is 0 Å². The Hall–Kier alpha value is -0.900. The Balaban J connectivity index is 1.29. The van der Waals surface area contributed by atoms with Gasteiger partial charge in [0.2, 0.25) is 5.91 Å². The molecule has 22 heavy (non-hydrogen) atoms. The van der Waals surface area contributed by atoms with Crippen LogP contribution in [0, 0.1) is 17.8 Å². The molecule has 4 rings (SSSR count). The Bertz CT molecular complexity index is 442. The monoisotopic (exact) mass is 304 g/mol. The standard InChI is InChI=1S/C18H28N2O2/c21-17-12-5-6-13(17)10-14(9-12)18(22)19-15-7-8-20(11-15)16-3-1-2-4-16/h12-16H,1-11H2,(H,19,22). The summed E-state index contributed by atoms with van der Waals surface area (Å²) in [4.78, 5) is 27.1. The first-order valence-corrected chi connectivity index (χ1v) is 9.29. The summed E-state index contributed by atoms with van der Waals surface area (Å²) in [5, 5.41) is 3.29. The minimum Gasteiger partial charge on any atom is -0.352 e. The van der Waals surface area contributed by atoms with Crippen LogP contribution in [0.2, 0.25) is 0 Å². The lowest BCUT2D eigenvalue weighted by Crippen LogP contribution is -2.44. The summed E-state index contributed by atoms with van der Waals surface area (Å²) in [5.41, 5.74) is 0. The van der Waals surface area contributed by atoms with E-state index in [4.69, 9.17) is 0 Å². The lowest BCUT2D eigenvalue weighted by Gasteiger charge is -2.27. The number of nitrogens with one attached hydrogen (secondary N) is 1. The molecule has 4 fully saturated rings. The minimum absolute atomic E-state index is 0.0933. The molecule has 2 bridgehead atoms. The Morgan fingerprint density at radius 1 is 1.00 bits per heavy atom. The van der Waals surface area contributed by atoms with Crippen molar-refractivity contribution in [1.29, 1.82) is 0 Å². The fourth-order valence-electron chi connectivity index (χ4n) is 5.31. The summed E-state index contributed by atoms with van der Waals surface area (Å²) >= 11 is 0. The predicted octanol–water partition coefficient (Wildman–Crippen LogP) is 2.12. The van der Waals surface area contributed by atoms with E-state index in [0.717, 1.165) is 51.2 Å². The van der Waals surface area contributed by atoms with Gasteiger partial charge in [0.1, 0.15) is 5.78 Å². The molecule has 122 valence electrons. The van der Waals surface area contributed by atoms with Crippen molar-refractivity contribution in [3.63, 3.8) is 0 Å². The number of Topliss-reactive ketones (excluding diaryl/α,β-unsaturated/α-hetero) is 1. The Morgan fingerprint density at radius 2 is 1.68 bits per heavy atom. The molecule has 3 saturated carbocycles. The number of carbonyl (C=O) groups excluding carboxylic acids is 2. The maximum atomic E-state index is 12.6. The highest BCUT2D eigenvalue weighted by atomic mass is 16.2. The summed E-state index contributed by atoms with van der Waals surface area (Å²) in [7, 11) is 0. The van der Waals surface area contributed by atoms with Crippen molar-refractivity contribution >= 4 is 11.7 Å². The zero-order valence-electron chi connectivity index (χ0n) is 13.4. The molecule has 3 aliphatic carbocycles. The number of hydrogen-bond donors (Lipinski definition) is 1. The van der Waals surface area contributed by atoms with E-state index in [1.54, 1.807) is 0 Å². The zero-order valence-corrected chi connectivity index (χ0v) is 13.4. The number of likely N-dealkylation sites (tertiary alicyclic amines) is 1. The third-order valence-electron chi connectivity index (χ3n) is 6.58. The van der Waals surface area contributed by atoms with Gasteiger partial charge in [-0.15, -0.1) is 0 Å². The summed E-state index contributed by atoms with van der Waals surface area (Å²) in [6, 6.07) is 1.11. The fraction of sp³-hybridized carbons (Fsp3) is 0.889. The van der Waals surface area contributed by atoms with Crippen molar-refractivity contribution in [2.24, 2.45) is 17.8 Å². The molecule has 4 aliphatic rings. The van der Waals surface area contributed by atoms with Crippen LogP contribution in [-0.2, 0) is 9.59 Å². The second-order valence-corrected chi connectivity index (χ2v) is 7.97. The highest BCUT2D eigenvalue weighted by Crippen LogP contribution is 2.42. The first-order chi connectivity index (χ1) is 10.7. The number of nitrogens with zero attached hydrogens (tertiary/aromatic N) is 1. The van der Waals surface area contributed by atoms with Crippen LogP contribution in [0.1, 0.15) is 57.8 Å². The average molecular weight is 304 g/mol. The number of carbonyl (C=O) groups is 2. The van der Waals surface area contributed by atoms with Crippen molar-refractivity contribution in [2.45, 2.75) is 69.9 Å². The molecule has 3 unspecified atom stereocenters. The quantitative estimate of drug-likeness (QED) is 0.869. The number of rotatable bonds is 3. The summed E-state index contributed by atoms with van der Waals surface area (Å²) in [6.07, 6.45) is 10.2. The van der Waals surface area contributed by atoms with Crippen molar-refractivity contribution < 1.29 is 9.59 Å². The van der Waals surface area contributed by atoms with E-state index in [2.05, 4.69) is 10.2 Å². The normalized spacial score (nSPS) is 39.5. The molecule has 0 aromatic rings. The van der Waals surface area contributed by atoms with E-state index in [9.17, 15) is 9.59 Å². The first kappa shape index (κ1) is 14.7. The molecule has 0 aromatic carbocycles. The van der Waals surface area contributed by atoms with Gasteiger partial charge in [-0.05, 0) is 44.9 Å². The van der Waals surface area contributed by atoms with Gasteiger partial charge in [-0.3, -0.25) is 14.5 Å². The SMILES string of the molecule is O=C(NC1CCN(C2CCCC2)C1)C1CC2CCC(C1)C2=O. The van der Waals surface area contributed by atoms with E-state index in [1.165, 1.54) is 25.7 Å². The molecule has 0 spiro atoms. The van der Waals surface area contributed by atoms with Crippen molar-refractivity contribution in [2.75, 3.05) is 13.1 Å². The Labute approximate surface area is 133 Å². The van der Waals surface area contributed by atoms with Gasteiger partial charge in [0.05, 0.1) is 0 Å². The van der Waals surface area contributed by atoms with Crippen LogP contribution in [0.25, 0.3) is 0 Å². The molecule has 1 saturated heterocycles. The molecule has 0 aromatic heterocycles. The van der Waals surface area contributed by atoms with Gasteiger partial charge in [0.25, 0.3) is 0 Å². The number of amides is 1. The predicted molar refractivity (Wildman–Crippen MR) is 84.3 cm³/mol. The highest BCUT2D eigenvalue weighted by Gasteiger charge is 2.44. The summed E-state index contributed by atoms with van der Waals surface area (Å²) in [5.74, 6) is 1.14. The van der Waals surface area contributed by atoms with Gasteiger partial charge in [-0.1, -0.05) is 12.8 Å². The Morgan fingerprint density at radius 3 is 2.36 bits per heavy atom. The van der Waals surface area contributed by atoms with Crippen molar-refractivity contribution in [3.05, 3.63) is 0 Å². The maximum Gasteiger partial charge on any atom is 0.223 e. The zero-order chi connectivity index (χ0) is 15.1. The van der Waals surface area contributed by atoms with E-state index < -0.39 is 0 Å². The number of hydrogen-bond acceptors (Lipinski definition) is 3. The molecule has 3 atom stereocenters. The third-order valence-corrected chi connectivity index (χ3v) is 6.58. The average Bonchev–Trinajstić information content (AvgIpc) is 3.20. The fourth-order valence-corrected chi connectivity index (χ4v) is 5.31. The highest BCUT2D eigenvalue weighted by molar-refractivity contribution is 5.89. The lowest BCUT2D eigenvalue weighted by molar-refractivity contribution is -0.132. The molecule has 0 radical (unpaired) electrons. The molecule has 1 amide bonds. The molecule has 4 heteroatoms. The second kappa shape index (κ2) is 5.95. The van der Waals surface area contributed by atoms with Crippen LogP contribution in [0.15, 0.2) is 0 Å². The number of fused-ring (bicyclic) bond motifs is 2. The maximum absolute atomic E-state index is 12.6. The molecule has 1 N–H and O–H groups in total. The van der Waals surface area contributed by atoms with E-state index in [0.29, 0.717) is 11.8 Å². The van der Waals surface area contributed by atoms with E-state index in [1.807, 2.05) is 0 Å². The van der Waals surface area contributed by atoms with Crippen LogP contribution in [-0.4, -0.2) is 41.8 Å². The van der Waals surface area contributed by atoms with E-state index in [-0.39, 0.29) is 23.7 Å². The van der Waals surface area contributed by atoms with Crippen molar-refractivity contribution in [3.8, 4) is 0 Å². The molecular weight excluding hydrogens is 276 g/mol. The second-order valence-electron chi connectivity index (χ2n) is 7.97. The van der Waals surface area contributed by atoms with Crippen LogP contribution in [0.4, 0.5) is 0 Å². The largest absolute Gasteiger partial charge is 0.352 e. The van der Waals surface area contributed by atoms with E-state index >= 15 is 0 Å². The minimum atomic E-state index is 0.0933. The Kier molecular flexibility index (Phi) is 3.97. The van der Waals surface area contributed by atoms with Gasteiger partial charge in [0, 0.05) is 42.9 Å². The van der Waals surface area contributed by atoms with Crippen LogP contribution >= 0.6 is 0 Å². The molecule has 1 heterocycles. The van der Waals surface area contributed by atoms with Gasteiger partial charge >= 0.3 is 0 Å². The van der Waals surface area contributed by atoms with Crippen LogP contribution < -0.4 is 5.32 Å². The third kappa shape index (κ3) is 2.70. The van der Waals surface area contributed by atoms with Gasteiger partial charge in [-0.25, -0.2) is 0 Å². The molecule has 1 aliphatic heterocycles. The molecule has 4 nitrogen and oxygen atoms in total. The molecular formula is C18H28N2O2. The number of ketones is 1. The van der Waals surface area contributed by atoms with Gasteiger partial charge < -0.3 is 5.32 Å². The summed E-state index contributed by atoms with van der Waals surface area (Å²) < 4.78 is 0. The topological polar surface area (TPSA) is 49.4 Å². The van der Waals surface area contributed by atoms with Gasteiger partial charge in [-0.2, -0.15) is 0 Å². The van der Waals surface area contributed by atoms with Crippen molar-refractivity contribution in [1.82, 2.24) is 10.2 Å². The smallest absolute Gasteiger partial charge is 0.223 e. The first-order valence-electron chi connectivity index (χ1n) is 9.29.